The van der Waals surface area contributed by atoms with Crippen LogP contribution in [-0.4, -0.2) is 60.2 Å². The van der Waals surface area contributed by atoms with Crippen molar-refractivity contribution in [2.75, 3.05) is 35.7 Å². The molecule has 2 N–H and O–H groups in total. The summed E-state index contributed by atoms with van der Waals surface area (Å²) in [6.45, 7) is 1.82. The van der Waals surface area contributed by atoms with Crippen LogP contribution in [0.25, 0.3) is 0 Å². The molecule has 2 unspecified atom stereocenters. The molecule has 3 saturated carbocycles. The highest BCUT2D eigenvalue weighted by molar-refractivity contribution is 7.85. The summed E-state index contributed by atoms with van der Waals surface area (Å²) in [5.74, 6) is 4.33. The van der Waals surface area contributed by atoms with E-state index in [-0.39, 0.29) is 17.6 Å². The van der Waals surface area contributed by atoms with Gasteiger partial charge in [0.25, 0.3) is 0 Å². The van der Waals surface area contributed by atoms with E-state index >= 15 is 0 Å². The fourth-order valence-electron chi connectivity index (χ4n) is 5.91. The van der Waals surface area contributed by atoms with E-state index in [1.165, 1.54) is 0 Å². The van der Waals surface area contributed by atoms with Crippen LogP contribution in [0.5, 0.6) is 0 Å². The zero-order valence-corrected chi connectivity index (χ0v) is 19.2. The lowest BCUT2D eigenvalue weighted by Crippen LogP contribution is -2.48. The summed E-state index contributed by atoms with van der Waals surface area (Å²) >= 11 is 5.94. The van der Waals surface area contributed by atoms with Gasteiger partial charge in [-0.1, -0.05) is 11.6 Å². The van der Waals surface area contributed by atoms with Crippen molar-refractivity contribution in [3.05, 3.63) is 28.9 Å². The topological polar surface area (TPSA) is 104 Å². The third-order valence-electron chi connectivity index (χ3n) is 8.26. The van der Waals surface area contributed by atoms with Gasteiger partial charge in [-0.25, -0.2) is 15.0 Å². The highest BCUT2D eigenvalue weighted by atomic mass is 35.5. The van der Waals surface area contributed by atoms with Crippen molar-refractivity contribution in [3.63, 3.8) is 0 Å². The molecule has 0 amide bonds. The lowest BCUT2D eigenvalue weighted by molar-refractivity contribution is 0.143. The fraction of sp³-hybridized carbons (Fsp3) is 0.636. The predicted octanol–water partition coefficient (Wildman–Crippen LogP) is 2.25. The summed E-state index contributed by atoms with van der Waals surface area (Å²) in [4.78, 5) is 21.8. The largest absolute Gasteiger partial charge is 0.394 e. The Bertz CT molecular complexity index is 1120. The number of hydrogen-bond donors (Lipinski definition) is 2. The molecular formula is C22H25ClN6O2S. The molecule has 3 atom stereocenters. The van der Waals surface area contributed by atoms with Gasteiger partial charge in [-0.2, -0.15) is 4.98 Å². The summed E-state index contributed by atoms with van der Waals surface area (Å²) in [7, 11) is -1.09. The third-order valence-corrected chi connectivity index (χ3v) is 10.1. The molecule has 2 aliphatic heterocycles. The molecule has 168 valence electrons. The minimum absolute atomic E-state index is 0.0252. The Labute approximate surface area is 193 Å². The van der Waals surface area contributed by atoms with Crippen LogP contribution in [0, 0.1) is 11.8 Å². The highest BCUT2D eigenvalue weighted by Gasteiger charge is 2.59. The van der Waals surface area contributed by atoms with Crippen LogP contribution in [0.2, 0.25) is 5.02 Å². The first kappa shape index (κ1) is 19.6. The zero-order valence-electron chi connectivity index (χ0n) is 17.6. The summed E-state index contributed by atoms with van der Waals surface area (Å²) in [5.41, 5.74) is 0.615. The lowest BCUT2D eigenvalue weighted by atomic mass is 9.77. The Kier molecular flexibility index (Phi) is 4.05. The summed E-state index contributed by atoms with van der Waals surface area (Å²) < 4.78 is 13.0. The van der Waals surface area contributed by atoms with E-state index in [0.29, 0.717) is 34.3 Å². The molecule has 5 aliphatic rings. The highest BCUT2D eigenvalue weighted by Crippen LogP contribution is 2.59. The van der Waals surface area contributed by atoms with Crippen molar-refractivity contribution in [2.45, 2.75) is 53.9 Å². The third kappa shape index (κ3) is 2.80. The number of aliphatic hydroxyl groups excluding tert-OH is 1. The smallest absolute Gasteiger partial charge is 0.227 e. The molecule has 2 aromatic rings. The van der Waals surface area contributed by atoms with E-state index in [4.69, 9.17) is 21.6 Å². The first-order chi connectivity index (χ1) is 15.5. The molecule has 4 fully saturated rings. The number of aliphatic hydroxyl groups is 1. The van der Waals surface area contributed by atoms with Crippen molar-refractivity contribution < 1.29 is 9.32 Å². The van der Waals surface area contributed by atoms with Gasteiger partial charge in [0.2, 0.25) is 5.95 Å². The molecular weight excluding hydrogens is 448 g/mol. The molecule has 0 bridgehead atoms. The van der Waals surface area contributed by atoms with Crippen molar-refractivity contribution in [1.82, 2.24) is 19.9 Å². The Morgan fingerprint density at radius 2 is 1.88 bits per heavy atom. The fourth-order valence-corrected chi connectivity index (χ4v) is 7.87. The van der Waals surface area contributed by atoms with Gasteiger partial charge in [0.1, 0.15) is 16.5 Å². The Morgan fingerprint density at radius 1 is 1.16 bits per heavy atom. The van der Waals surface area contributed by atoms with E-state index in [1.807, 2.05) is 0 Å². The standard InChI is InChI=1S/C22H25ClN6O2S/c23-12-6-24-18(25-7-12)15-13-8-29(9-14(13)15)20-26-17-16(32(31)11-21(17)4-5-21)19(27-20)28-22(10-30)2-1-3-22/h6-7,13-15,30H,1-5,8-11H2,(H,26,27,28)/t13?,14?,15?,32-/m0/s1. The number of halogens is 1. The van der Waals surface area contributed by atoms with Crippen molar-refractivity contribution in [3.8, 4) is 0 Å². The summed E-state index contributed by atoms with van der Waals surface area (Å²) in [5, 5.41) is 14.1. The zero-order chi connectivity index (χ0) is 21.7. The second kappa shape index (κ2) is 6.61. The molecule has 2 aromatic heterocycles. The van der Waals surface area contributed by atoms with Gasteiger partial charge < -0.3 is 15.3 Å². The number of hydrogen-bond acceptors (Lipinski definition) is 8. The van der Waals surface area contributed by atoms with E-state index in [0.717, 1.165) is 67.6 Å². The SMILES string of the molecule is O=[S@]1CC2(CC2)c2nc(N3CC4C(C3)C4c3ncc(Cl)cn3)nc(NC3(CO)CCC3)c21. The maximum atomic E-state index is 13.0. The molecule has 7 rings (SSSR count). The van der Waals surface area contributed by atoms with Gasteiger partial charge in [-0.05, 0) is 43.9 Å². The quantitative estimate of drug-likeness (QED) is 0.682. The molecule has 1 spiro atoms. The minimum atomic E-state index is -1.09. The predicted molar refractivity (Wildman–Crippen MR) is 120 cm³/mol. The van der Waals surface area contributed by atoms with Gasteiger partial charge in [0.05, 0.1) is 33.7 Å². The van der Waals surface area contributed by atoms with Gasteiger partial charge in [-0.15, -0.1) is 0 Å². The van der Waals surface area contributed by atoms with Crippen LogP contribution >= 0.6 is 11.6 Å². The maximum Gasteiger partial charge on any atom is 0.227 e. The molecule has 4 heterocycles. The number of nitrogens with one attached hydrogen (secondary N) is 1. The van der Waals surface area contributed by atoms with E-state index in [2.05, 4.69) is 20.2 Å². The number of aromatic nitrogens is 4. The molecule has 3 aliphatic carbocycles. The monoisotopic (exact) mass is 472 g/mol. The second-order valence-electron chi connectivity index (χ2n) is 10.3. The van der Waals surface area contributed by atoms with Crippen LogP contribution in [0.4, 0.5) is 11.8 Å². The molecule has 1 saturated heterocycles. The van der Waals surface area contributed by atoms with Crippen LogP contribution in [0.15, 0.2) is 17.3 Å². The van der Waals surface area contributed by atoms with E-state index in [9.17, 15) is 9.32 Å². The van der Waals surface area contributed by atoms with Crippen molar-refractivity contribution in [1.29, 1.82) is 0 Å². The maximum absolute atomic E-state index is 13.0. The summed E-state index contributed by atoms with van der Waals surface area (Å²) in [6, 6.07) is 0. The second-order valence-corrected chi connectivity index (χ2v) is 12.1. The molecule has 0 radical (unpaired) electrons. The van der Waals surface area contributed by atoms with Crippen molar-refractivity contribution in [2.24, 2.45) is 11.8 Å². The number of nitrogens with zero attached hydrogens (tertiary/aromatic N) is 5. The molecule has 8 nitrogen and oxygen atoms in total. The molecule has 32 heavy (non-hydrogen) atoms. The average molecular weight is 473 g/mol. The normalized spacial score (nSPS) is 32.4. The first-order valence-corrected chi connectivity index (χ1v) is 13.1. The number of fused-ring (bicyclic) bond motifs is 3. The van der Waals surface area contributed by atoms with Crippen LogP contribution in [0.1, 0.15) is 49.5 Å². The number of rotatable bonds is 5. The minimum Gasteiger partial charge on any atom is -0.394 e. The van der Waals surface area contributed by atoms with Gasteiger partial charge >= 0.3 is 0 Å². The van der Waals surface area contributed by atoms with Crippen LogP contribution < -0.4 is 10.2 Å². The molecule has 0 aromatic carbocycles. The van der Waals surface area contributed by atoms with Gasteiger partial charge in [0, 0.05) is 42.6 Å². The van der Waals surface area contributed by atoms with Crippen LogP contribution in [0.3, 0.4) is 0 Å². The molecule has 10 heteroatoms. The average Bonchev–Trinajstić information content (AvgIpc) is 3.61. The Balaban J connectivity index is 1.19. The van der Waals surface area contributed by atoms with E-state index in [1.54, 1.807) is 12.4 Å². The Hall–Kier alpha value is -1.84. The van der Waals surface area contributed by atoms with Crippen LogP contribution in [-0.2, 0) is 16.2 Å². The lowest BCUT2D eigenvalue weighted by Gasteiger charge is -2.41. The number of anilines is 2. The first-order valence-electron chi connectivity index (χ1n) is 11.4. The summed E-state index contributed by atoms with van der Waals surface area (Å²) in [6.07, 6.45) is 8.35. The van der Waals surface area contributed by atoms with E-state index < -0.39 is 10.8 Å². The van der Waals surface area contributed by atoms with Gasteiger partial charge in [0.15, 0.2) is 0 Å². The van der Waals surface area contributed by atoms with Gasteiger partial charge in [-0.3, -0.25) is 4.21 Å². The Morgan fingerprint density at radius 3 is 2.47 bits per heavy atom. The van der Waals surface area contributed by atoms with Crippen molar-refractivity contribution >= 4 is 34.2 Å². The number of piperidine rings is 1.